The number of aryl methyl sites for hydroxylation is 3. The van der Waals surface area contributed by atoms with Crippen molar-refractivity contribution in [2.45, 2.75) is 58.0 Å². The first-order chi connectivity index (χ1) is 15.9. The van der Waals surface area contributed by atoms with Crippen molar-refractivity contribution < 1.29 is 5.11 Å². The predicted molar refractivity (Wildman–Crippen MR) is 136 cm³/mol. The second-order valence-corrected chi connectivity index (χ2v) is 10.4. The van der Waals surface area contributed by atoms with E-state index in [2.05, 4.69) is 72.2 Å². The highest BCUT2D eigenvalue weighted by Crippen LogP contribution is 2.51. The summed E-state index contributed by atoms with van der Waals surface area (Å²) in [5.41, 5.74) is 7.24. The summed E-state index contributed by atoms with van der Waals surface area (Å²) in [5, 5.41) is 11.6. The molecule has 0 aliphatic heterocycles. The molecule has 2 bridgehead atoms. The third-order valence-corrected chi connectivity index (χ3v) is 8.02. The van der Waals surface area contributed by atoms with Gasteiger partial charge in [-0.1, -0.05) is 36.4 Å². The predicted octanol–water partition coefficient (Wildman–Crippen LogP) is 5.68. The molecule has 0 radical (unpaired) electrons. The Balaban J connectivity index is 1.16. The minimum absolute atomic E-state index is 0.278. The van der Waals surface area contributed by atoms with Crippen LogP contribution in [0.4, 0.5) is 0 Å². The monoisotopic (exact) mass is 443 g/mol. The number of allylic oxidation sites excluding steroid dienone is 1. The molecular formula is C29H37N3O. The first kappa shape index (κ1) is 22.4. The molecule has 1 fully saturated rings. The number of rotatable bonds is 8. The van der Waals surface area contributed by atoms with Gasteiger partial charge >= 0.3 is 0 Å². The molecule has 3 aliphatic rings. The highest BCUT2D eigenvalue weighted by molar-refractivity contribution is 5.75. The highest BCUT2D eigenvalue weighted by atomic mass is 16.3. The Hall–Kier alpha value is -2.43. The Kier molecular flexibility index (Phi) is 6.15. The summed E-state index contributed by atoms with van der Waals surface area (Å²) in [6.45, 7) is 6.40. The van der Waals surface area contributed by atoms with Gasteiger partial charge in [0.25, 0.3) is 0 Å². The van der Waals surface area contributed by atoms with Crippen molar-refractivity contribution in [3.8, 4) is 0 Å². The Morgan fingerprint density at radius 1 is 1.06 bits per heavy atom. The fourth-order valence-corrected chi connectivity index (χ4v) is 6.17. The molecule has 1 heterocycles. The third kappa shape index (κ3) is 4.51. The number of aromatic amines is 1. The van der Waals surface area contributed by atoms with Crippen molar-refractivity contribution in [2.75, 3.05) is 20.1 Å². The smallest absolute Gasteiger partial charge is 0.107 e. The van der Waals surface area contributed by atoms with Crippen molar-refractivity contribution in [3.63, 3.8) is 0 Å². The minimum Gasteiger partial charge on any atom is -0.389 e. The van der Waals surface area contributed by atoms with Gasteiger partial charge in [-0.15, -0.1) is 0 Å². The molecule has 0 amide bonds. The molecule has 0 spiro atoms. The summed E-state index contributed by atoms with van der Waals surface area (Å²) < 4.78 is 0. The SMILES string of the molecule is Cc1cccc(C)c1C1=CC2CCC1CC2(O)CCN(C)CCCc1nc2ccccc2[nH]1. The van der Waals surface area contributed by atoms with Crippen molar-refractivity contribution in [1.29, 1.82) is 0 Å². The van der Waals surface area contributed by atoms with Gasteiger partial charge in [-0.05, 0) is 99.9 Å². The lowest BCUT2D eigenvalue weighted by Crippen LogP contribution is -2.48. The Bertz CT molecular complexity index is 1110. The van der Waals surface area contributed by atoms with E-state index in [9.17, 15) is 5.11 Å². The van der Waals surface area contributed by atoms with Crippen LogP contribution in [0.1, 0.15) is 54.6 Å². The van der Waals surface area contributed by atoms with E-state index in [1.165, 1.54) is 28.7 Å². The second kappa shape index (κ2) is 9.08. The molecule has 2 N–H and O–H groups in total. The number of aromatic nitrogens is 2. The summed E-state index contributed by atoms with van der Waals surface area (Å²) >= 11 is 0. The maximum absolute atomic E-state index is 11.6. The molecule has 174 valence electrons. The summed E-state index contributed by atoms with van der Waals surface area (Å²) in [4.78, 5) is 10.5. The summed E-state index contributed by atoms with van der Waals surface area (Å²) in [6, 6.07) is 14.8. The third-order valence-electron chi connectivity index (χ3n) is 8.02. The summed E-state index contributed by atoms with van der Waals surface area (Å²) in [7, 11) is 2.18. The number of fused-ring (bicyclic) bond motifs is 3. The van der Waals surface area contributed by atoms with E-state index in [0.717, 1.165) is 62.1 Å². The number of nitrogens with zero attached hydrogens (tertiary/aromatic N) is 2. The first-order valence-corrected chi connectivity index (χ1v) is 12.6. The molecule has 4 heteroatoms. The standard InChI is InChI=1S/C29H37N3O/c1-20-8-6-9-21(2)28(20)24-18-23-14-13-22(24)19-29(23,33)15-17-32(3)16-7-12-27-30-25-10-4-5-11-26(25)31-27/h4-6,8-11,18,22-23,33H,7,12-17,19H2,1-3H3,(H,30,31). The molecule has 6 rings (SSSR count). The first-order valence-electron chi connectivity index (χ1n) is 12.6. The summed E-state index contributed by atoms with van der Waals surface area (Å²) in [5.74, 6) is 1.83. The van der Waals surface area contributed by atoms with Crippen molar-refractivity contribution >= 4 is 16.6 Å². The Morgan fingerprint density at radius 3 is 2.58 bits per heavy atom. The lowest BCUT2D eigenvalue weighted by molar-refractivity contribution is -0.0574. The molecule has 3 atom stereocenters. The zero-order valence-corrected chi connectivity index (χ0v) is 20.3. The van der Waals surface area contributed by atoms with Gasteiger partial charge in [0.15, 0.2) is 0 Å². The number of benzene rings is 2. The van der Waals surface area contributed by atoms with Gasteiger partial charge in [0.05, 0.1) is 16.6 Å². The van der Waals surface area contributed by atoms with Crippen LogP contribution in [-0.2, 0) is 6.42 Å². The van der Waals surface area contributed by atoms with E-state index in [1.54, 1.807) is 0 Å². The van der Waals surface area contributed by atoms with Crippen LogP contribution in [0.15, 0.2) is 48.5 Å². The Labute approximate surface area is 197 Å². The molecule has 3 aliphatic carbocycles. The van der Waals surface area contributed by atoms with Gasteiger partial charge in [0, 0.05) is 18.9 Å². The highest BCUT2D eigenvalue weighted by Gasteiger charge is 2.46. The number of H-pyrrole nitrogens is 1. The fraction of sp³-hybridized carbons (Fsp3) is 0.483. The van der Waals surface area contributed by atoms with Crippen LogP contribution in [0, 0.1) is 25.7 Å². The second-order valence-electron chi connectivity index (χ2n) is 10.4. The van der Waals surface area contributed by atoms with E-state index in [-0.39, 0.29) is 5.92 Å². The van der Waals surface area contributed by atoms with Crippen LogP contribution in [0.5, 0.6) is 0 Å². The van der Waals surface area contributed by atoms with E-state index in [1.807, 2.05) is 12.1 Å². The van der Waals surface area contributed by atoms with Gasteiger partial charge in [0.2, 0.25) is 0 Å². The van der Waals surface area contributed by atoms with Crippen LogP contribution in [0.2, 0.25) is 0 Å². The van der Waals surface area contributed by atoms with Crippen LogP contribution < -0.4 is 0 Å². The van der Waals surface area contributed by atoms with E-state index < -0.39 is 5.60 Å². The fourth-order valence-electron chi connectivity index (χ4n) is 6.17. The number of imidazole rings is 1. The van der Waals surface area contributed by atoms with Crippen LogP contribution in [-0.4, -0.2) is 45.7 Å². The lowest BCUT2D eigenvalue weighted by Gasteiger charge is -2.48. The zero-order valence-electron chi connectivity index (χ0n) is 20.3. The largest absolute Gasteiger partial charge is 0.389 e. The van der Waals surface area contributed by atoms with Gasteiger partial charge in [0.1, 0.15) is 5.82 Å². The minimum atomic E-state index is -0.560. The molecule has 4 nitrogen and oxygen atoms in total. The normalized spacial score (nSPS) is 24.6. The quantitative estimate of drug-likeness (QED) is 0.471. The molecular weight excluding hydrogens is 406 g/mol. The van der Waals surface area contributed by atoms with Gasteiger partial charge in [-0.25, -0.2) is 4.98 Å². The molecule has 3 aromatic rings. The van der Waals surface area contributed by atoms with Crippen molar-refractivity contribution in [2.24, 2.45) is 11.8 Å². The van der Waals surface area contributed by atoms with Gasteiger partial charge < -0.3 is 15.0 Å². The summed E-state index contributed by atoms with van der Waals surface area (Å²) in [6.07, 6.45) is 8.53. The van der Waals surface area contributed by atoms with Gasteiger partial charge in [-0.2, -0.15) is 0 Å². The van der Waals surface area contributed by atoms with Crippen LogP contribution in [0.25, 0.3) is 16.6 Å². The van der Waals surface area contributed by atoms with E-state index >= 15 is 0 Å². The zero-order chi connectivity index (χ0) is 23.0. The average Bonchev–Trinajstić information content (AvgIpc) is 3.21. The van der Waals surface area contributed by atoms with Crippen LogP contribution >= 0.6 is 0 Å². The van der Waals surface area contributed by atoms with E-state index in [4.69, 9.17) is 0 Å². The number of hydrogen-bond acceptors (Lipinski definition) is 3. The number of nitrogens with one attached hydrogen (secondary N) is 1. The molecule has 33 heavy (non-hydrogen) atoms. The van der Waals surface area contributed by atoms with Crippen molar-refractivity contribution in [3.05, 3.63) is 71.1 Å². The maximum atomic E-state index is 11.6. The number of hydrogen-bond donors (Lipinski definition) is 2. The maximum Gasteiger partial charge on any atom is 0.107 e. The molecule has 2 aromatic carbocycles. The average molecular weight is 444 g/mol. The van der Waals surface area contributed by atoms with Crippen LogP contribution in [0.3, 0.4) is 0 Å². The molecule has 3 unspecified atom stereocenters. The Morgan fingerprint density at radius 2 is 1.85 bits per heavy atom. The molecule has 1 aromatic heterocycles. The van der Waals surface area contributed by atoms with Crippen molar-refractivity contribution in [1.82, 2.24) is 14.9 Å². The number of para-hydroxylation sites is 2. The van der Waals surface area contributed by atoms with Gasteiger partial charge in [-0.3, -0.25) is 0 Å². The lowest BCUT2D eigenvalue weighted by atomic mass is 9.60. The molecule has 0 saturated heterocycles. The number of aliphatic hydroxyl groups is 1. The van der Waals surface area contributed by atoms with E-state index in [0.29, 0.717) is 5.92 Å². The topological polar surface area (TPSA) is 52.1 Å². The molecule has 1 saturated carbocycles.